The first-order valence-corrected chi connectivity index (χ1v) is 28.4. The molecule has 2 aromatic heterocycles. The number of aromatic nitrogens is 2. The molecule has 0 saturated carbocycles. The van der Waals surface area contributed by atoms with E-state index >= 15 is 8.78 Å². The Morgan fingerprint density at radius 2 is 1.06 bits per heavy atom. The van der Waals surface area contributed by atoms with Crippen LogP contribution in [0.15, 0.2) is 225 Å². The van der Waals surface area contributed by atoms with Crippen molar-refractivity contribution in [3.05, 3.63) is 272 Å². The van der Waals surface area contributed by atoms with E-state index in [-0.39, 0.29) is 38.3 Å². The number of pyridine rings is 1. The Bertz CT molecular complexity index is 4330. The first-order chi connectivity index (χ1) is 40.2. The summed E-state index contributed by atoms with van der Waals surface area (Å²) >= 11 is 0. The van der Waals surface area contributed by atoms with Crippen LogP contribution in [0.25, 0.3) is 83.3 Å². The Labute approximate surface area is 505 Å². The molecular weight excluding hydrogens is 1220 g/mol. The Morgan fingerprint density at radius 3 is 1.68 bits per heavy atom. The molecule has 13 rings (SSSR count). The molecule has 0 radical (unpaired) electrons. The molecule has 0 aliphatic carbocycles. The molecule has 0 bridgehead atoms. The summed E-state index contributed by atoms with van der Waals surface area (Å²) in [4.78, 5) is 9.26. The van der Waals surface area contributed by atoms with E-state index < -0.39 is 11.6 Å². The zero-order valence-electron chi connectivity index (χ0n) is 47.9. The minimum Gasteiger partial charge on any atom is -0.509 e. The standard InChI is InChI=1S/C76H61F2N4O.Pt/c1-48(2)52-36-53(49(3)4)38-54(37-52)65-27-19-28-66(55-39-58(77)44-59(78)40-55)75(65)81-47-80(70-30-16-17-31-71(70)81)60-41-56(74-63(50-20-10-8-11-21-50)25-18-26-64(74)51-22-12-9-13-23-51)42-62(45-60)83-61-32-33-68-67-24-14-15-29-69(67)82(72(68)46-61)73-43-57(34-35-79-73)76(5,6)7;/h8-44,47-49H,1-7H3;/q-3;. The summed E-state index contributed by atoms with van der Waals surface area (Å²) in [6, 6.07) is 80.9. The largest absolute Gasteiger partial charge is 0.509 e. The maximum Gasteiger partial charge on any atom is 0.135 e. The van der Waals surface area contributed by atoms with Gasteiger partial charge in [-0.15, -0.1) is 53.6 Å². The van der Waals surface area contributed by atoms with Crippen molar-refractivity contribution in [2.75, 3.05) is 9.80 Å². The molecule has 1 aliphatic rings. The monoisotopic (exact) mass is 1280 g/mol. The van der Waals surface area contributed by atoms with Gasteiger partial charge in [0.15, 0.2) is 0 Å². The van der Waals surface area contributed by atoms with Crippen LogP contribution in [-0.2, 0) is 26.5 Å². The topological polar surface area (TPSA) is 33.5 Å². The first kappa shape index (κ1) is 55.6. The average Bonchev–Trinajstić information content (AvgIpc) is 2.24. The van der Waals surface area contributed by atoms with Crippen LogP contribution in [0.1, 0.15) is 77.0 Å². The van der Waals surface area contributed by atoms with Gasteiger partial charge < -0.3 is 19.1 Å². The van der Waals surface area contributed by atoms with Crippen molar-refractivity contribution >= 4 is 44.6 Å². The molecule has 0 fully saturated rings. The quantitative estimate of drug-likeness (QED) is 0.114. The van der Waals surface area contributed by atoms with Gasteiger partial charge in [-0.05, 0) is 121 Å². The van der Waals surface area contributed by atoms with Crippen LogP contribution in [-0.4, -0.2) is 9.55 Å². The van der Waals surface area contributed by atoms with Crippen LogP contribution in [0.4, 0.5) is 31.5 Å². The summed E-state index contributed by atoms with van der Waals surface area (Å²) in [5.74, 6) is 0.983. The maximum absolute atomic E-state index is 15.5. The Kier molecular flexibility index (Phi) is 15.0. The van der Waals surface area contributed by atoms with Crippen molar-refractivity contribution in [1.29, 1.82) is 0 Å². The molecule has 0 atom stereocenters. The zero-order valence-corrected chi connectivity index (χ0v) is 50.1. The number of ether oxygens (including phenoxy) is 1. The van der Waals surface area contributed by atoms with Gasteiger partial charge >= 0.3 is 0 Å². The minimum absolute atomic E-state index is 0. The van der Waals surface area contributed by atoms with Gasteiger partial charge in [-0.25, -0.2) is 13.8 Å². The van der Waals surface area contributed by atoms with E-state index in [0.717, 1.165) is 95.3 Å². The normalized spacial score (nSPS) is 12.4. The summed E-state index contributed by atoms with van der Waals surface area (Å²) in [6.45, 7) is 17.6. The molecule has 3 heterocycles. The summed E-state index contributed by atoms with van der Waals surface area (Å²) in [5.41, 5.74) is 17.7. The van der Waals surface area contributed by atoms with E-state index in [1.165, 1.54) is 28.8 Å². The molecule has 418 valence electrons. The van der Waals surface area contributed by atoms with E-state index in [1.807, 2.05) is 48.7 Å². The SMILES string of the molecule is CC(C)c1cc(-c2cccc(-c3cc(F)cc(F)c3)c2N2[CH-]N(c3[c-]c(Oc4[c-]c5c(cc4)c4ccccc4n5-c4cc(C(C)(C)C)ccn4)cc(-c4c(-c5ccccc5)cccc4-c4ccccc4)c3)c3ccccc32)cc(C(C)C)c1.[Pt]. The number of anilines is 4. The van der Waals surface area contributed by atoms with Gasteiger partial charge in [0.1, 0.15) is 17.5 Å². The van der Waals surface area contributed by atoms with Gasteiger partial charge in [-0.1, -0.05) is 200 Å². The molecule has 0 amide bonds. The van der Waals surface area contributed by atoms with Crippen LogP contribution < -0.4 is 14.5 Å². The van der Waals surface area contributed by atoms with Gasteiger partial charge in [0, 0.05) is 78.5 Å². The second-order valence-corrected chi connectivity index (χ2v) is 23.2. The Morgan fingerprint density at radius 1 is 0.488 bits per heavy atom. The minimum atomic E-state index is -0.651. The fourth-order valence-corrected chi connectivity index (χ4v) is 11.7. The third-order valence-electron chi connectivity index (χ3n) is 15.9. The molecule has 5 nitrogen and oxygen atoms in total. The van der Waals surface area contributed by atoms with Crippen molar-refractivity contribution in [2.24, 2.45) is 0 Å². The molecule has 10 aromatic carbocycles. The molecule has 0 N–H and O–H groups in total. The van der Waals surface area contributed by atoms with E-state index in [4.69, 9.17) is 9.72 Å². The second kappa shape index (κ2) is 22.7. The maximum atomic E-state index is 15.5. The zero-order chi connectivity index (χ0) is 57.1. The van der Waals surface area contributed by atoms with Gasteiger partial charge in [-0.2, -0.15) is 6.07 Å². The molecule has 0 spiro atoms. The molecule has 0 saturated heterocycles. The Balaban J connectivity index is 0.00000694. The average molecular weight is 1280 g/mol. The van der Waals surface area contributed by atoms with Gasteiger partial charge in [0.2, 0.25) is 0 Å². The van der Waals surface area contributed by atoms with Crippen LogP contribution in [0.3, 0.4) is 0 Å². The summed E-state index contributed by atoms with van der Waals surface area (Å²) < 4.78 is 40.3. The van der Waals surface area contributed by atoms with Crippen LogP contribution in [0.2, 0.25) is 0 Å². The molecule has 84 heavy (non-hydrogen) atoms. The second-order valence-electron chi connectivity index (χ2n) is 23.2. The van der Waals surface area contributed by atoms with Crippen LogP contribution in [0.5, 0.6) is 11.5 Å². The predicted molar refractivity (Wildman–Crippen MR) is 338 cm³/mol. The van der Waals surface area contributed by atoms with Crippen molar-refractivity contribution in [1.82, 2.24) is 9.55 Å². The van der Waals surface area contributed by atoms with Crippen LogP contribution in [0, 0.1) is 30.4 Å². The van der Waals surface area contributed by atoms with Gasteiger partial charge in [0.25, 0.3) is 0 Å². The number of benzene rings is 10. The third-order valence-corrected chi connectivity index (χ3v) is 15.9. The van der Waals surface area contributed by atoms with E-state index in [9.17, 15) is 0 Å². The number of fused-ring (bicyclic) bond motifs is 4. The fourth-order valence-electron chi connectivity index (χ4n) is 11.7. The van der Waals surface area contributed by atoms with Gasteiger partial charge in [-0.3, -0.25) is 0 Å². The van der Waals surface area contributed by atoms with Crippen molar-refractivity contribution in [2.45, 2.75) is 65.7 Å². The molecule has 8 heteroatoms. The molecule has 0 unspecified atom stereocenters. The third kappa shape index (κ3) is 10.5. The van der Waals surface area contributed by atoms with E-state index in [1.54, 1.807) is 0 Å². The molecular formula is C76H61F2N4OPt-3. The summed E-state index contributed by atoms with van der Waals surface area (Å²) in [5, 5.41) is 2.11. The van der Waals surface area contributed by atoms with Crippen molar-refractivity contribution in [3.63, 3.8) is 0 Å². The summed E-state index contributed by atoms with van der Waals surface area (Å²) in [6.07, 6.45) is 1.89. The first-order valence-electron chi connectivity index (χ1n) is 28.4. The van der Waals surface area contributed by atoms with E-state index in [0.29, 0.717) is 28.3 Å². The number of hydrogen-bond donors (Lipinski definition) is 0. The predicted octanol–water partition coefficient (Wildman–Crippen LogP) is 21.1. The summed E-state index contributed by atoms with van der Waals surface area (Å²) in [7, 11) is 0. The van der Waals surface area contributed by atoms with Crippen LogP contribution >= 0.6 is 0 Å². The molecule has 12 aromatic rings. The molecule has 1 aliphatic heterocycles. The Hall–Kier alpha value is -8.90. The van der Waals surface area contributed by atoms with Crippen molar-refractivity contribution in [3.8, 4) is 73.0 Å². The van der Waals surface area contributed by atoms with Gasteiger partial charge in [0.05, 0.1) is 0 Å². The fraction of sp³-hybridized carbons (Fsp3) is 0.132. The van der Waals surface area contributed by atoms with E-state index in [2.05, 4.69) is 239 Å². The van der Waals surface area contributed by atoms with Crippen molar-refractivity contribution < 1.29 is 34.6 Å². The number of rotatable bonds is 12. The number of nitrogens with zero attached hydrogens (tertiary/aromatic N) is 4. The number of halogens is 2. The number of para-hydroxylation sites is 4. The number of hydrogen-bond acceptors (Lipinski definition) is 4. The smallest absolute Gasteiger partial charge is 0.135 e.